The third-order valence-electron chi connectivity index (χ3n) is 5.08. The summed E-state index contributed by atoms with van der Waals surface area (Å²) in [6, 6.07) is 10.6. The summed E-state index contributed by atoms with van der Waals surface area (Å²) < 4.78 is 2.24. The largest absolute Gasteiger partial charge is 0.331 e. The van der Waals surface area contributed by atoms with Crippen LogP contribution in [0.2, 0.25) is 0 Å². The van der Waals surface area contributed by atoms with Gasteiger partial charge in [-0.2, -0.15) is 11.8 Å². The highest BCUT2D eigenvalue weighted by molar-refractivity contribution is 7.99. The number of aromatic nitrogens is 2. The van der Waals surface area contributed by atoms with Crippen molar-refractivity contribution in [2.75, 3.05) is 18.1 Å². The van der Waals surface area contributed by atoms with Gasteiger partial charge in [0.25, 0.3) is 5.91 Å². The Morgan fingerprint density at radius 2 is 2.04 bits per heavy atom. The zero-order chi connectivity index (χ0) is 16.5. The van der Waals surface area contributed by atoms with Crippen LogP contribution in [-0.2, 0) is 13.0 Å². The Labute approximate surface area is 147 Å². The lowest BCUT2D eigenvalue weighted by molar-refractivity contribution is 0.0694. The predicted molar refractivity (Wildman–Crippen MR) is 97.4 cm³/mol. The van der Waals surface area contributed by atoms with Gasteiger partial charge in [0.1, 0.15) is 11.5 Å². The van der Waals surface area contributed by atoms with E-state index in [1.807, 2.05) is 29.7 Å². The van der Waals surface area contributed by atoms with Crippen molar-refractivity contribution in [1.29, 1.82) is 0 Å². The van der Waals surface area contributed by atoms with Crippen LogP contribution in [0.1, 0.15) is 46.5 Å². The molecule has 1 atom stereocenters. The summed E-state index contributed by atoms with van der Waals surface area (Å²) in [4.78, 5) is 20.0. The second-order valence-electron chi connectivity index (χ2n) is 6.56. The normalized spacial score (nSPS) is 20.7. The monoisotopic (exact) mass is 341 g/mol. The summed E-state index contributed by atoms with van der Waals surface area (Å²) in [5.74, 6) is 3.06. The molecule has 0 N–H and O–H groups in total. The molecule has 4 rings (SSSR count). The second-order valence-corrected chi connectivity index (χ2v) is 7.71. The highest BCUT2D eigenvalue weighted by Gasteiger charge is 2.32. The third kappa shape index (κ3) is 2.75. The SMILES string of the molecule is Cc1nc(C(=O)N2CCSC[C@H]2c2ccccc2)c2n1CCCC2. The van der Waals surface area contributed by atoms with Gasteiger partial charge in [-0.1, -0.05) is 30.3 Å². The maximum Gasteiger partial charge on any atom is 0.274 e. The van der Waals surface area contributed by atoms with Crippen LogP contribution in [0.4, 0.5) is 0 Å². The first-order valence-electron chi connectivity index (χ1n) is 8.75. The molecule has 126 valence electrons. The third-order valence-corrected chi connectivity index (χ3v) is 6.11. The highest BCUT2D eigenvalue weighted by atomic mass is 32.2. The fraction of sp³-hybridized carbons (Fsp3) is 0.474. The molecule has 3 heterocycles. The van der Waals surface area contributed by atoms with E-state index < -0.39 is 0 Å². The molecule has 2 aliphatic heterocycles. The van der Waals surface area contributed by atoms with E-state index in [2.05, 4.69) is 33.8 Å². The lowest BCUT2D eigenvalue weighted by Crippen LogP contribution is -2.41. The number of fused-ring (bicyclic) bond motifs is 1. The van der Waals surface area contributed by atoms with Gasteiger partial charge in [0.05, 0.1) is 11.7 Å². The van der Waals surface area contributed by atoms with Crippen LogP contribution in [-0.4, -0.2) is 38.4 Å². The summed E-state index contributed by atoms with van der Waals surface area (Å²) in [5, 5.41) is 0. The predicted octanol–water partition coefficient (Wildman–Crippen LogP) is 3.46. The van der Waals surface area contributed by atoms with Crippen molar-refractivity contribution in [1.82, 2.24) is 14.5 Å². The van der Waals surface area contributed by atoms with Crippen LogP contribution in [0.25, 0.3) is 0 Å². The van der Waals surface area contributed by atoms with Gasteiger partial charge < -0.3 is 9.47 Å². The van der Waals surface area contributed by atoms with Gasteiger partial charge in [-0.15, -0.1) is 0 Å². The number of hydrogen-bond acceptors (Lipinski definition) is 3. The molecule has 5 heteroatoms. The van der Waals surface area contributed by atoms with Gasteiger partial charge in [-0.05, 0) is 31.7 Å². The van der Waals surface area contributed by atoms with Crippen molar-refractivity contribution < 1.29 is 4.79 Å². The summed E-state index contributed by atoms with van der Waals surface area (Å²) in [5.41, 5.74) is 3.07. The Kier molecular flexibility index (Phi) is 4.35. The first-order chi connectivity index (χ1) is 11.8. The van der Waals surface area contributed by atoms with Crippen LogP contribution < -0.4 is 0 Å². The number of rotatable bonds is 2. The summed E-state index contributed by atoms with van der Waals surface area (Å²) in [6.07, 6.45) is 3.31. The minimum atomic E-state index is 0.114. The molecule has 0 radical (unpaired) electrons. The van der Waals surface area contributed by atoms with Crippen molar-refractivity contribution >= 4 is 17.7 Å². The molecular formula is C19H23N3OS. The van der Waals surface area contributed by atoms with Crippen molar-refractivity contribution in [3.8, 4) is 0 Å². The molecule has 0 bridgehead atoms. The lowest BCUT2D eigenvalue weighted by atomic mass is 10.0. The Balaban J connectivity index is 1.68. The topological polar surface area (TPSA) is 38.1 Å². The minimum Gasteiger partial charge on any atom is -0.331 e. The van der Waals surface area contributed by atoms with Gasteiger partial charge in [0.15, 0.2) is 0 Å². The molecule has 1 aromatic heterocycles. The number of aryl methyl sites for hydroxylation is 1. The first kappa shape index (κ1) is 15.8. The Bertz CT molecular complexity index is 741. The van der Waals surface area contributed by atoms with Gasteiger partial charge in [-0.25, -0.2) is 4.98 Å². The molecule has 0 unspecified atom stereocenters. The van der Waals surface area contributed by atoms with E-state index in [4.69, 9.17) is 0 Å². The minimum absolute atomic E-state index is 0.114. The lowest BCUT2D eigenvalue weighted by Gasteiger charge is -2.35. The zero-order valence-electron chi connectivity index (χ0n) is 14.1. The van der Waals surface area contributed by atoms with Gasteiger partial charge in [-0.3, -0.25) is 4.79 Å². The van der Waals surface area contributed by atoms with E-state index in [0.29, 0.717) is 5.69 Å². The van der Waals surface area contributed by atoms with E-state index in [1.54, 1.807) is 0 Å². The Morgan fingerprint density at radius 3 is 2.88 bits per heavy atom. The molecule has 2 aliphatic rings. The Morgan fingerprint density at radius 1 is 1.21 bits per heavy atom. The van der Waals surface area contributed by atoms with E-state index in [9.17, 15) is 4.79 Å². The standard InChI is InChI=1S/C19H23N3OS/c1-14-20-18(16-9-5-6-10-21(14)16)19(23)22-11-12-24-13-17(22)15-7-3-2-4-8-15/h2-4,7-8,17H,5-6,9-13H2,1H3/t17-/m0/s1. The Hall–Kier alpha value is -1.75. The van der Waals surface area contributed by atoms with Crippen LogP contribution in [0.3, 0.4) is 0 Å². The maximum absolute atomic E-state index is 13.3. The number of carbonyl (C=O) groups excluding carboxylic acids is 1. The van der Waals surface area contributed by atoms with Gasteiger partial charge in [0, 0.05) is 24.6 Å². The summed E-state index contributed by atoms with van der Waals surface area (Å²) in [7, 11) is 0. The molecule has 1 saturated heterocycles. The van der Waals surface area contributed by atoms with E-state index in [0.717, 1.165) is 49.0 Å². The quantitative estimate of drug-likeness (QED) is 0.840. The smallest absolute Gasteiger partial charge is 0.274 e. The number of nitrogens with zero attached hydrogens (tertiary/aromatic N) is 3. The molecule has 0 spiro atoms. The molecule has 2 aromatic rings. The maximum atomic E-state index is 13.3. The number of carbonyl (C=O) groups is 1. The fourth-order valence-electron chi connectivity index (χ4n) is 3.83. The summed E-state index contributed by atoms with van der Waals surface area (Å²) in [6.45, 7) is 3.82. The molecule has 0 saturated carbocycles. The molecule has 1 fully saturated rings. The van der Waals surface area contributed by atoms with Crippen molar-refractivity contribution in [2.24, 2.45) is 0 Å². The fourth-order valence-corrected chi connectivity index (χ4v) is 4.92. The van der Waals surface area contributed by atoms with Crippen molar-refractivity contribution in [3.63, 3.8) is 0 Å². The average Bonchev–Trinajstić information content (AvgIpc) is 2.99. The highest BCUT2D eigenvalue weighted by Crippen LogP contribution is 2.32. The van der Waals surface area contributed by atoms with Gasteiger partial charge in [0.2, 0.25) is 0 Å². The molecule has 1 aromatic carbocycles. The molecular weight excluding hydrogens is 318 g/mol. The van der Waals surface area contributed by atoms with Crippen LogP contribution in [0, 0.1) is 6.92 Å². The van der Waals surface area contributed by atoms with Gasteiger partial charge >= 0.3 is 0 Å². The molecule has 4 nitrogen and oxygen atoms in total. The van der Waals surface area contributed by atoms with E-state index in [-0.39, 0.29) is 11.9 Å². The van der Waals surface area contributed by atoms with Crippen molar-refractivity contribution in [2.45, 2.75) is 38.8 Å². The van der Waals surface area contributed by atoms with Crippen LogP contribution >= 0.6 is 11.8 Å². The number of imidazole rings is 1. The second kappa shape index (κ2) is 6.63. The number of amides is 1. The van der Waals surface area contributed by atoms with Crippen LogP contribution in [0.15, 0.2) is 30.3 Å². The number of thioether (sulfide) groups is 1. The average molecular weight is 341 g/mol. The van der Waals surface area contributed by atoms with Crippen molar-refractivity contribution in [3.05, 3.63) is 53.1 Å². The zero-order valence-corrected chi connectivity index (χ0v) is 14.9. The molecule has 24 heavy (non-hydrogen) atoms. The summed E-state index contributed by atoms with van der Waals surface area (Å²) >= 11 is 1.93. The number of benzene rings is 1. The molecule has 1 amide bonds. The van der Waals surface area contributed by atoms with E-state index >= 15 is 0 Å². The van der Waals surface area contributed by atoms with Crippen LogP contribution in [0.5, 0.6) is 0 Å². The first-order valence-corrected chi connectivity index (χ1v) is 9.91. The molecule has 0 aliphatic carbocycles. The number of hydrogen-bond donors (Lipinski definition) is 0. The van der Waals surface area contributed by atoms with E-state index in [1.165, 1.54) is 12.0 Å².